The molecule has 0 aromatic rings. The van der Waals surface area contributed by atoms with Crippen LogP contribution < -0.4 is 0 Å². The summed E-state index contributed by atoms with van der Waals surface area (Å²) >= 11 is 1.28. The van der Waals surface area contributed by atoms with Gasteiger partial charge < -0.3 is 10.2 Å². The third-order valence-corrected chi connectivity index (χ3v) is 9.89. The van der Waals surface area contributed by atoms with Gasteiger partial charge in [0.1, 0.15) is 0 Å². The lowest BCUT2D eigenvalue weighted by molar-refractivity contribution is -0.111. The van der Waals surface area contributed by atoms with Crippen LogP contribution in [0.1, 0.15) is 58.8 Å². The second-order valence-electron chi connectivity index (χ2n) is 4.89. The Kier molecular flexibility index (Phi) is 11.1. The number of rotatable bonds is 11. The van der Waals surface area contributed by atoms with Crippen LogP contribution in [0.25, 0.3) is 0 Å². The summed E-state index contributed by atoms with van der Waals surface area (Å²) in [5.41, 5.74) is 0. The van der Waals surface area contributed by atoms with Crippen LogP contribution in [0.2, 0.25) is 6.04 Å². The number of carbonyl (C=O) groups is 1. The monoisotopic (exact) mass is 292 g/mol. The maximum Gasteiger partial charge on any atom is 0.183 e. The number of hydrogen-bond donors (Lipinski definition) is 2. The molecule has 3 nitrogen and oxygen atoms in total. The van der Waals surface area contributed by atoms with Gasteiger partial charge in [-0.3, -0.25) is 4.79 Å². The minimum absolute atomic E-state index is 0.00355. The molecule has 0 heterocycles. The quantitative estimate of drug-likeness (QED) is 0.454. The highest BCUT2D eigenvalue weighted by Crippen LogP contribution is 2.27. The third kappa shape index (κ3) is 7.56. The van der Waals surface area contributed by atoms with Gasteiger partial charge in [-0.25, -0.2) is 0 Å². The molecule has 0 saturated carbocycles. The molecule has 0 bridgehead atoms. The third-order valence-electron chi connectivity index (χ3n) is 3.10. The molecule has 0 atom stereocenters. The predicted octanol–water partition coefficient (Wildman–Crippen LogP) is 3.03. The van der Waals surface area contributed by atoms with Crippen molar-refractivity contribution in [2.75, 3.05) is 12.5 Å². The molecule has 0 aliphatic rings. The number of aliphatic hydroxyl groups excluding tert-OH is 2. The second kappa shape index (κ2) is 11.0. The highest BCUT2D eigenvalue weighted by atomic mass is 32.4. The Morgan fingerprint density at radius 2 is 1.61 bits per heavy atom. The zero-order valence-corrected chi connectivity index (χ0v) is 13.6. The average molecular weight is 293 g/mol. The summed E-state index contributed by atoms with van der Waals surface area (Å²) in [6.45, 7) is 4.21. The molecule has 5 heteroatoms. The predicted molar refractivity (Wildman–Crippen MR) is 81.0 cm³/mol. The number of unbranched alkanes of at least 4 members (excludes halogenated alkanes) is 4. The van der Waals surface area contributed by atoms with Crippen LogP contribution in [0, 0.1) is 0 Å². The number of aliphatic hydroxyl groups is 2. The summed E-state index contributed by atoms with van der Waals surface area (Å²) in [6.07, 6.45) is 7.23. The van der Waals surface area contributed by atoms with Gasteiger partial charge in [-0.05, 0) is 12.5 Å². The van der Waals surface area contributed by atoms with Crippen molar-refractivity contribution in [1.29, 1.82) is 0 Å². The topological polar surface area (TPSA) is 57.5 Å². The first-order chi connectivity index (χ1) is 8.64. The Morgan fingerprint density at radius 3 is 2.11 bits per heavy atom. The van der Waals surface area contributed by atoms with E-state index < -0.39 is 7.22 Å². The molecule has 0 aliphatic heterocycles. The molecule has 0 unspecified atom stereocenters. The Hall–Kier alpha value is 0.157. The van der Waals surface area contributed by atoms with Gasteiger partial charge in [-0.2, -0.15) is 0 Å². The Balaban J connectivity index is 3.95. The highest BCUT2D eigenvalue weighted by Gasteiger charge is 2.34. The Labute approximate surface area is 116 Å². The van der Waals surface area contributed by atoms with Crippen LogP contribution in [-0.2, 0) is 4.79 Å². The van der Waals surface area contributed by atoms with E-state index in [4.69, 9.17) is 0 Å². The molecule has 108 valence electrons. The Bertz CT molecular complexity index is 220. The lowest BCUT2D eigenvalue weighted by Crippen LogP contribution is -2.41. The van der Waals surface area contributed by atoms with Crippen LogP contribution in [0.3, 0.4) is 0 Å². The zero-order valence-electron chi connectivity index (χ0n) is 11.8. The fraction of sp³-hybridized carbons (Fsp3) is 0.923. The SMILES string of the molecule is CCCCCCCC(=O)S[Si](CO)(CO)CCC. The van der Waals surface area contributed by atoms with Crippen LogP contribution >= 0.6 is 11.2 Å². The lowest BCUT2D eigenvalue weighted by Gasteiger charge is -2.24. The van der Waals surface area contributed by atoms with Gasteiger partial charge in [-0.15, -0.1) is 11.2 Å². The lowest BCUT2D eigenvalue weighted by atomic mass is 10.1. The van der Waals surface area contributed by atoms with E-state index in [9.17, 15) is 15.0 Å². The van der Waals surface area contributed by atoms with Crippen LogP contribution in [0.5, 0.6) is 0 Å². The average Bonchev–Trinajstić information content (AvgIpc) is 2.38. The van der Waals surface area contributed by atoms with Crippen molar-refractivity contribution in [3.05, 3.63) is 0 Å². The van der Waals surface area contributed by atoms with Gasteiger partial charge in [0.15, 0.2) is 12.3 Å². The van der Waals surface area contributed by atoms with Crippen LogP contribution in [0.4, 0.5) is 0 Å². The van der Waals surface area contributed by atoms with Crippen LogP contribution in [-0.4, -0.2) is 35.0 Å². The van der Waals surface area contributed by atoms with E-state index in [1.165, 1.54) is 30.5 Å². The van der Waals surface area contributed by atoms with Crippen molar-refractivity contribution in [2.24, 2.45) is 0 Å². The van der Waals surface area contributed by atoms with E-state index in [2.05, 4.69) is 6.92 Å². The fourth-order valence-corrected chi connectivity index (χ4v) is 7.29. The van der Waals surface area contributed by atoms with Gasteiger partial charge in [0.05, 0.1) is 0 Å². The maximum atomic E-state index is 11.9. The van der Waals surface area contributed by atoms with E-state index in [0.29, 0.717) is 6.42 Å². The van der Waals surface area contributed by atoms with Gasteiger partial charge in [0.25, 0.3) is 0 Å². The molecule has 18 heavy (non-hydrogen) atoms. The molecule has 0 aliphatic carbocycles. The van der Waals surface area contributed by atoms with Gasteiger partial charge in [-0.1, -0.05) is 46.0 Å². The minimum atomic E-state index is -2.20. The van der Waals surface area contributed by atoms with Crippen molar-refractivity contribution < 1.29 is 15.0 Å². The molecule has 2 N–H and O–H groups in total. The first-order valence-electron chi connectivity index (χ1n) is 7.07. The zero-order chi connectivity index (χ0) is 13.9. The number of hydrogen-bond acceptors (Lipinski definition) is 4. The maximum absolute atomic E-state index is 11.9. The molecular weight excluding hydrogens is 264 g/mol. The highest BCUT2D eigenvalue weighted by molar-refractivity contribution is 8.39. The molecule has 0 spiro atoms. The van der Waals surface area contributed by atoms with Crippen molar-refractivity contribution in [2.45, 2.75) is 64.8 Å². The molecule has 0 fully saturated rings. The summed E-state index contributed by atoms with van der Waals surface area (Å²) in [5.74, 6) is 0. The van der Waals surface area contributed by atoms with E-state index in [-0.39, 0.29) is 17.6 Å². The summed E-state index contributed by atoms with van der Waals surface area (Å²) in [4.78, 5) is 11.9. The van der Waals surface area contributed by atoms with Crippen molar-refractivity contribution in [1.82, 2.24) is 0 Å². The Morgan fingerprint density at radius 1 is 1.00 bits per heavy atom. The molecule has 0 aromatic carbocycles. The fourth-order valence-electron chi connectivity index (χ4n) is 1.94. The van der Waals surface area contributed by atoms with Crippen molar-refractivity contribution in [3.63, 3.8) is 0 Å². The van der Waals surface area contributed by atoms with Crippen molar-refractivity contribution in [3.8, 4) is 0 Å². The van der Waals surface area contributed by atoms with E-state index in [1.54, 1.807) is 0 Å². The van der Waals surface area contributed by atoms with Gasteiger partial charge in [0, 0.05) is 18.9 Å². The molecular formula is C13H28O3SSi. The molecule has 0 rings (SSSR count). The number of carbonyl (C=O) groups excluding carboxylic acids is 1. The summed E-state index contributed by atoms with van der Waals surface area (Å²) in [5, 5.41) is 19.0. The van der Waals surface area contributed by atoms with E-state index >= 15 is 0 Å². The molecule has 0 saturated heterocycles. The second-order valence-corrected chi connectivity index (χ2v) is 12.3. The first kappa shape index (κ1) is 18.2. The normalized spacial score (nSPS) is 11.8. The van der Waals surface area contributed by atoms with Crippen LogP contribution in [0.15, 0.2) is 0 Å². The van der Waals surface area contributed by atoms with E-state index in [0.717, 1.165) is 25.3 Å². The van der Waals surface area contributed by atoms with E-state index in [1.807, 2.05) is 6.92 Å². The summed E-state index contributed by atoms with van der Waals surface area (Å²) in [6, 6.07) is 0.812. The largest absolute Gasteiger partial charge is 0.398 e. The van der Waals surface area contributed by atoms with Gasteiger partial charge >= 0.3 is 0 Å². The smallest absolute Gasteiger partial charge is 0.183 e. The summed E-state index contributed by atoms with van der Waals surface area (Å²) in [7, 11) is -2.20. The molecule has 0 aromatic heterocycles. The van der Waals surface area contributed by atoms with Crippen molar-refractivity contribution >= 4 is 23.5 Å². The molecule has 0 radical (unpaired) electrons. The summed E-state index contributed by atoms with van der Waals surface area (Å²) < 4.78 is 0. The molecule has 0 amide bonds. The van der Waals surface area contributed by atoms with Gasteiger partial charge in [0.2, 0.25) is 0 Å². The minimum Gasteiger partial charge on any atom is -0.398 e. The first-order valence-corrected chi connectivity index (χ1v) is 11.2. The standard InChI is InChI=1S/C13H28O3SSi/c1-3-5-6-7-8-9-13(16)17-18(11-14,12-15)10-4-2/h14-15H,3-12H2,1-2H3.